The van der Waals surface area contributed by atoms with Crippen LogP contribution in [0, 0.1) is 0 Å². The summed E-state index contributed by atoms with van der Waals surface area (Å²) >= 11 is 0. The Morgan fingerprint density at radius 2 is 1.68 bits per heavy atom. The summed E-state index contributed by atoms with van der Waals surface area (Å²) in [6.45, 7) is 2.31. The fraction of sp³-hybridized carbons (Fsp3) is 0.308. The van der Waals surface area contributed by atoms with Crippen LogP contribution in [0.2, 0.25) is 0 Å². The third kappa shape index (κ3) is 3.70. The molecule has 2 aliphatic heterocycles. The maximum Gasteiger partial charge on any atom is 0.162 e. The lowest BCUT2D eigenvalue weighted by molar-refractivity contribution is 0.159. The minimum absolute atomic E-state index is 0.207. The zero-order valence-corrected chi connectivity index (χ0v) is 17.9. The molecule has 5 rings (SSSR count). The summed E-state index contributed by atoms with van der Waals surface area (Å²) in [7, 11) is 3.29. The summed E-state index contributed by atoms with van der Waals surface area (Å²) in [5.74, 6) is 2.30. The normalized spacial score (nSPS) is 17.3. The number of methoxy groups -OCH3 is 2. The first kappa shape index (κ1) is 19.8. The molecule has 2 aliphatic rings. The zero-order valence-electron chi connectivity index (χ0n) is 17.9. The molecular formula is C26H27NO4. The van der Waals surface area contributed by atoms with Gasteiger partial charge in [-0.3, -0.25) is 4.90 Å². The van der Waals surface area contributed by atoms with Gasteiger partial charge in [-0.2, -0.15) is 0 Å². The van der Waals surface area contributed by atoms with E-state index in [2.05, 4.69) is 29.2 Å². The molecule has 1 atom stereocenters. The lowest BCUT2D eigenvalue weighted by Crippen LogP contribution is -2.39. The van der Waals surface area contributed by atoms with E-state index in [4.69, 9.17) is 14.2 Å². The Kier molecular flexibility index (Phi) is 5.20. The molecule has 1 N–H and O–H groups in total. The van der Waals surface area contributed by atoms with Gasteiger partial charge in [0, 0.05) is 19.1 Å². The first-order valence-electron chi connectivity index (χ1n) is 10.7. The molecule has 160 valence electrons. The van der Waals surface area contributed by atoms with E-state index in [0.29, 0.717) is 12.4 Å². The third-order valence-corrected chi connectivity index (χ3v) is 6.42. The van der Waals surface area contributed by atoms with Crippen molar-refractivity contribution in [1.29, 1.82) is 0 Å². The molecule has 0 radical (unpaired) electrons. The molecule has 2 heterocycles. The molecule has 31 heavy (non-hydrogen) atoms. The number of rotatable bonds is 5. The Labute approximate surface area is 182 Å². The van der Waals surface area contributed by atoms with E-state index in [-0.39, 0.29) is 11.8 Å². The number of hydrogen-bond acceptors (Lipinski definition) is 5. The average Bonchev–Trinajstić information content (AvgIpc) is 2.81. The van der Waals surface area contributed by atoms with Crippen LogP contribution in [0.1, 0.15) is 33.9 Å². The standard InChI is InChI=1S/C26H27NO4/c1-29-24-13-19-10-22-21-14-26(31-16-17-6-4-3-5-7-17)25(30-2)12-18(21)8-9-27(22)15-20(19)11-23(24)28/h3-7,11-14,22,28H,8-10,15-16H2,1-2H3/t22-/m1/s1. The van der Waals surface area contributed by atoms with Crippen molar-refractivity contribution in [2.45, 2.75) is 32.0 Å². The Bertz CT molecular complexity index is 1100. The Hall–Kier alpha value is -3.18. The van der Waals surface area contributed by atoms with E-state index in [1.54, 1.807) is 14.2 Å². The van der Waals surface area contributed by atoms with Crippen LogP contribution < -0.4 is 14.2 Å². The van der Waals surface area contributed by atoms with Crippen molar-refractivity contribution in [2.24, 2.45) is 0 Å². The molecule has 0 unspecified atom stereocenters. The topological polar surface area (TPSA) is 51.2 Å². The summed E-state index contributed by atoms with van der Waals surface area (Å²) in [6, 6.07) is 18.6. The highest BCUT2D eigenvalue weighted by Crippen LogP contribution is 2.44. The molecule has 0 spiro atoms. The van der Waals surface area contributed by atoms with Gasteiger partial charge in [0.2, 0.25) is 0 Å². The molecule has 0 fully saturated rings. The molecule has 3 aromatic carbocycles. The summed E-state index contributed by atoms with van der Waals surface area (Å²) in [5.41, 5.74) is 6.15. The Morgan fingerprint density at radius 1 is 0.903 bits per heavy atom. The predicted octanol–water partition coefficient (Wildman–Crippen LogP) is 4.64. The van der Waals surface area contributed by atoms with Gasteiger partial charge >= 0.3 is 0 Å². The molecule has 0 aromatic heterocycles. The number of phenols is 1. The monoisotopic (exact) mass is 417 g/mol. The number of hydrogen-bond donors (Lipinski definition) is 1. The lowest BCUT2D eigenvalue weighted by atomic mass is 9.83. The quantitative estimate of drug-likeness (QED) is 0.655. The molecule has 5 heteroatoms. The van der Waals surface area contributed by atoms with Crippen molar-refractivity contribution in [2.75, 3.05) is 20.8 Å². The lowest BCUT2D eigenvalue weighted by Gasteiger charge is -2.41. The zero-order chi connectivity index (χ0) is 21.4. The van der Waals surface area contributed by atoms with Crippen LogP contribution in [0.15, 0.2) is 54.6 Å². The Balaban J connectivity index is 1.47. The maximum atomic E-state index is 10.2. The largest absolute Gasteiger partial charge is 0.504 e. The van der Waals surface area contributed by atoms with Crippen molar-refractivity contribution in [1.82, 2.24) is 4.90 Å². The van der Waals surface area contributed by atoms with Crippen molar-refractivity contribution < 1.29 is 19.3 Å². The van der Waals surface area contributed by atoms with Crippen LogP contribution in [-0.2, 0) is 26.0 Å². The summed E-state index contributed by atoms with van der Waals surface area (Å²) in [5, 5.41) is 10.2. The van der Waals surface area contributed by atoms with Gasteiger partial charge in [0.05, 0.1) is 14.2 Å². The summed E-state index contributed by atoms with van der Waals surface area (Å²) in [6.07, 6.45) is 1.85. The predicted molar refractivity (Wildman–Crippen MR) is 119 cm³/mol. The highest BCUT2D eigenvalue weighted by Gasteiger charge is 2.33. The molecule has 0 amide bonds. The smallest absolute Gasteiger partial charge is 0.162 e. The SMILES string of the molecule is COc1cc2c(cc1O)CN1CCc3cc(OC)c(OCc4ccccc4)cc3[C@H]1C2. The van der Waals surface area contributed by atoms with E-state index in [1.165, 1.54) is 22.3 Å². The van der Waals surface area contributed by atoms with Gasteiger partial charge in [-0.1, -0.05) is 30.3 Å². The molecule has 5 nitrogen and oxygen atoms in total. The minimum Gasteiger partial charge on any atom is -0.504 e. The van der Waals surface area contributed by atoms with E-state index >= 15 is 0 Å². The fourth-order valence-electron chi connectivity index (χ4n) is 4.78. The molecule has 3 aromatic rings. The first-order chi connectivity index (χ1) is 15.2. The van der Waals surface area contributed by atoms with E-state index < -0.39 is 0 Å². The summed E-state index contributed by atoms with van der Waals surface area (Å²) < 4.78 is 17.2. The van der Waals surface area contributed by atoms with Gasteiger partial charge in [-0.25, -0.2) is 0 Å². The highest BCUT2D eigenvalue weighted by atomic mass is 16.5. The van der Waals surface area contributed by atoms with Crippen molar-refractivity contribution >= 4 is 0 Å². The van der Waals surface area contributed by atoms with Crippen LogP contribution in [-0.4, -0.2) is 30.8 Å². The second kappa shape index (κ2) is 8.16. The summed E-state index contributed by atoms with van der Waals surface area (Å²) in [4.78, 5) is 2.49. The van der Waals surface area contributed by atoms with Gasteiger partial charge in [0.25, 0.3) is 0 Å². The van der Waals surface area contributed by atoms with E-state index in [0.717, 1.165) is 43.0 Å². The van der Waals surface area contributed by atoms with Gasteiger partial charge in [-0.15, -0.1) is 0 Å². The molecular weight excluding hydrogens is 390 g/mol. The number of ether oxygens (including phenoxy) is 3. The van der Waals surface area contributed by atoms with E-state index in [9.17, 15) is 5.11 Å². The Morgan fingerprint density at radius 3 is 2.45 bits per heavy atom. The van der Waals surface area contributed by atoms with Crippen molar-refractivity contribution in [3.8, 4) is 23.0 Å². The third-order valence-electron chi connectivity index (χ3n) is 6.42. The molecule has 0 bridgehead atoms. The molecule has 0 saturated heterocycles. The van der Waals surface area contributed by atoms with Gasteiger partial charge in [-0.05, 0) is 64.9 Å². The number of benzene rings is 3. The highest BCUT2D eigenvalue weighted by molar-refractivity contribution is 5.52. The van der Waals surface area contributed by atoms with Crippen molar-refractivity contribution in [3.05, 3.63) is 82.4 Å². The minimum atomic E-state index is 0.207. The van der Waals surface area contributed by atoms with Gasteiger partial charge in [0.1, 0.15) is 6.61 Å². The van der Waals surface area contributed by atoms with Gasteiger partial charge < -0.3 is 19.3 Å². The average molecular weight is 418 g/mol. The van der Waals surface area contributed by atoms with Gasteiger partial charge in [0.15, 0.2) is 23.0 Å². The van der Waals surface area contributed by atoms with Crippen molar-refractivity contribution in [3.63, 3.8) is 0 Å². The van der Waals surface area contributed by atoms with Crippen LogP contribution in [0.25, 0.3) is 0 Å². The molecule has 0 aliphatic carbocycles. The molecule has 0 saturated carbocycles. The second-order valence-electron chi connectivity index (χ2n) is 8.21. The number of aromatic hydroxyl groups is 1. The van der Waals surface area contributed by atoms with Crippen LogP contribution in [0.5, 0.6) is 23.0 Å². The number of phenolic OH excluding ortho intramolecular Hbond substituents is 1. The maximum absolute atomic E-state index is 10.2. The fourth-order valence-corrected chi connectivity index (χ4v) is 4.78. The second-order valence-corrected chi connectivity index (χ2v) is 8.21. The van der Waals surface area contributed by atoms with Crippen LogP contribution in [0.4, 0.5) is 0 Å². The number of fused-ring (bicyclic) bond motifs is 4. The number of nitrogens with zero attached hydrogens (tertiary/aromatic N) is 1. The first-order valence-corrected chi connectivity index (χ1v) is 10.7. The van der Waals surface area contributed by atoms with Crippen LogP contribution in [0.3, 0.4) is 0 Å². The van der Waals surface area contributed by atoms with E-state index in [1.807, 2.05) is 30.3 Å². The van der Waals surface area contributed by atoms with Crippen LogP contribution >= 0.6 is 0 Å².